The highest BCUT2D eigenvalue weighted by molar-refractivity contribution is 4.92. The maximum atomic E-state index is 9.84. The van der Waals surface area contributed by atoms with Gasteiger partial charge in [-0.2, -0.15) is 0 Å². The van der Waals surface area contributed by atoms with Crippen LogP contribution >= 0.6 is 0 Å². The summed E-state index contributed by atoms with van der Waals surface area (Å²) in [6.07, 6.45) is -0.461. The fourth-order valence-electron chi connectivity index (χ4n) is 2.69. The van der Waals surface area contributed by atoms with Crippen LogP contribution in [0.4, 0.5) is 0 Å². The molecule has 1 aliphatic carbocycles. The van der Waals surface area contributed by atoms with Crippen molar-refractivity contribution < 1.29 is 24.8 Å². The lowest BCUT2D eigenvalue weighted by Crippen LogP contribution is -2.63. The van der Waals surface area contributed by atoms with Crippen LogP contribution in [-0.2, 0) is 9.47 Å². The fraction of sp³-hybridized carbons (Fsp3) is 1.00. The van der Waals surface area contributed by atoms with Gasteiger partial charge in [0.2, 0.25) is 0 Å². The molecule has 2 fully saturated rings. The van der Waals surface area contributed by atoms with E-state index >= 15 is 0 Å². The zero-order valence-corrected chi connectivity index (χ0v) is 10.9. The minimum atomic E-state index is -1.21. The third-order valence-electron chi connectivity index (χ3n) is 3.99. The molecule has 1 saturated carbocycles. The molecule has 19 heavy (non-hydrogen) atoms. The van der Waals surface area contributed by atoms with E-state index in [1.165, 1.54) is 0 Å². The quantitative estimate of drug-likeness (QED) is 0.404. The molecule has 7 N–H and O–H groups in total. The Kier molecular flexibility index (Phi) is 5.13. The van der Waals surface area contributed by atoms with Crippen LogP contribution < -0.4 is 11.5 Å². The molecule has 2 aliphatic rings. The number of hydrogen-bond donors (Lipinski definition) is 5. The van der Waals surface area contributed by atoms with Crippen LogP contribution in [0.25, 0.3) is 0 Å². The van der Waals surface area contributed by atoms with Gasteiger partial charge in [0.1, 0.15) is 18.3 Å². The second-order valence-electron chi connectivity index (χ2n) is 5.41. The van der Waals surface area contributed by atoms with E-state index in [0.29, 0.717) is 0 Å². The zero-order valence-electron chi connectivity index (χ0n) is 10.9. The largest absolute Gasteiger partial charge is 0.394 e. The highest BCUT2D eigenvalue weighted by Gasteiger charge is 2.44. The van der Waals surface area contributed by atoms with Crippen LogP contribution in [0, 0.1) is 0 Å². The molecule has 7 heteroatoms. The van der Waals surface area contributed by atoms with Gasteiger partial charge < -0.3 is 36.3 Å². The third-order valence-corrected chi connectivity index (χ3v) is 3.99. The number of rotatable bonds is 3. The molecule has 0 amide bonds. The van der Waals surface area contributed by atoms with Gasteiger partial charge in [0, 0.05) is 6.04 Å². The molecule has 0 bridgehead atoms. The first kappa shape index (κ1) is 15.1. The summed E-state index contributed by atoms with van der Waals surface area (Å²) in [7, 11) is 0. The van der Waals surface area contributed by atoms with Gasteiger partial charge in [-0.25, -0.2) is 0 Å². The lowest BCUT2D eigenvalue weighted by molar-refractivity contribution is -0.281. The highest BCUT2D eigenvalue weighted by Crippen LogP contribution is 2.26. The number of aliphatic hydroxyl groups is 3. The van der Waals surface area contributed by atoms with E-state index < -0.39 is 37.3 Å². The molecule has 0 radical (unpaired) electrons. The van der Waals surface area contributed by atoms with E-state index in [0.717, 1.165) is 25.7 Å². The molecule has 1 saturated heterocycles. The lowest BCUT2D eigenvalue weighted by Gasteiger charge is -2.42. The van der Waals surface area contributed by atoms with Crippen molar-refractivity contribution in [2.45, 2.75) is 68.5 Å². The van der Waals surface area contributed by atoms with E-state index in [2.05, 4.69) is 0 Å². The summed E-state index contributed by atoms with van der Waals surface area (Å²) in [5.41, 5.74) is 11.8. The third kappa shape index (κ3) is 3.25. The molecule has 7 atom stereocenters. The summed E-state index contributed by atoms with van der Waals surface area (Å²) in [6, 6.07) is -0.923. The number of nitrogens with two attached hydrogens (primary N) is 2. The summed E-state index contributed by atoms with van der Waals surface area (Å²) < 4.78 is 11.2. The first-order valence-corrected chi connectivity index (χ1v) is 6.83. The predicted molar refractivity (Wildman–Crippen MR) is 67.1 cm³/mol. The Labute approximate surface area is 112 Å². The van der Waals surface area contributed by atoms with E-state index in [9.17, 15) is 10.2 Å². The van der Waals surface area contributed by atoms with Crippen molar-refractivity contribution in [2.24, 2.45) is 11.5 Å². The van der Waals surface area contributed by atoms with Crippen LogP contribution in [-0.4, -0.2) is 64.7 Å². The van der Waals surface area contributed by atoms with Crippen molar-refractivity contribution in [1.82, 2.24) is 0 Å². The topological polar surface area (TPSA) is 131 Å². The van der Waals surface area contributed by atoms with E-state index in [-0.39, 0.29) is 12.1 Å². The Morgan fingerprint density at radius 3 is 2.42 bits per heavy atom. The van der Waals surface area contributed by atoms with Gasteiger partial charge in [0.25, 0.3) is 0 Å². The molecule has 0 aromatic carbocycles. The minimum absolute atomic E-state index is 0.0684. The van der Waals surface area contributed by atoms with Gasteiger partial charge in [0.15, 0.2) is 6.29 Å². The molecule has 2 rings (SSSR count). The van der Waals surface area contributed by atoms with Crippen molar-refractivity contribution in [2.75, 3.05) is 6.61 Å². The van der Waals surface area contributed by atoms with Gasteiger partial charge >= 0.3 is 0 Å². The Bertz CT molecular complexity index is 291. The standard InChI is InChI=1S/C12H24N2O5/c13-6-3-1-2-4-7(6)18-12-9(14)11(17)10(16)8(5-15)19-12/h6-12,15-17H,1-5,13-14H2/t6-,7-,8-,9-,10-,11-,12+/m1/s1. The average Bonchev–Trinajstić information content (AvgIpc) is 2.41. The van der Waals surface area contributed by atoms with Gasteiger partial charge in [-0.1, -0.05) is 12.8 Å². The van der Waals surface area contributed by atoms with Gasteiger partial charge in [-0.05, 0) is 12.8 Å². The maximum absolute atomic E-state index is 9.84. The second-order valence-corrected chi connectivity index (χ2v) is 5.41. The van der Waals surface area contributed by atoms with Gasteiger partial charge in [-0.3, -0.25) is 0 Å². The smallest absolute Gasteiger partial charge is 0.176 e. The summed E-state index contributed by atoms with van der Waals surface area (Å²) in [4.78, 5) is 0. The summed E-state index contributed by atoms with van der Waals surface area (Å²) in [5.74, 6) is 0. The molecular weight excluding hydrogens is 252 g/mol. The Balaban J connectivity index is 1.98. The average molecular weight is 276 g/mol. The van der Waals surface area contributed by atoms with Crippen LogP contribution in [0.2, 0.25) is 0 Å². The van der Waals surface area contributed by atoms with Gasteiger partial charge in [0.05, 0.1) is 18.8 Å². The SMILES string of the molecule is N[C@H]1[C@@H](O[C@@H]2CCCC[C@H]2N)O[C@H](CO)[C@@H](O)[C@@H]1O. The lowest BCUT2D eigenvalue weighted by atomic mass is 9.92. The summed E-state index contributed by atoms with van der Waals surface area (Å²) in [6.45, 7) is -0.401. The molecule has 0 aromatic heterocycles. The predicted octanol–water partition coefficient (Wildman–Crippen LogP) is -1.96. The van der Waals surface area contributed by atoms with E-state index in [1.54, 1.807) is 0 Å². The van der Waals surface area contributed by atoms with E-state index in [4.69, 9.17) is 26.0 Å². The molecule has 0 unspecified atom stereocenters. The first-order valence-electron chi connectivity index (χ1n) is 6.83. The van der Waals surface area contributed by atoms with Crippen LogP contribution in [0.5, 0.6) is 0 Å². The van der Waals surface area contributed by atoms with Crippen LogP contribution in [0.15, 0.2) is 0 Å². The van der Waals surface area contributed by atoms with Crippen LogP contribution in [0.1, 0.15) is 25.7 Å². The molecule has 1 aliphatic heterocycles. The first-order chi connectivity index (χ1) is 9.04. The van der Waals surface area contributed by atoms with Gasteiger partial charge in [-0.15, -0.1) is 0 Å². The molecule has 0 spiro atoms. The zero-order chi connectivity index (χ0) is 14.0. The van der Waals surface area contributed by atoms with Crippen molar-refractivity contribution in [3.63, 3.8) is 0 Å². The normalized spacial score (nSPS) is 48.2. The molecule has 112 valence electrons. The van der Waals surface area contributed by atoms with Crippen LogP contribution in [0.3, 0.4) is 0 Å². The Hall–Kier alpha value is -0.280. The monoisotopic (exact) mass is 276 g/mol. The number of ether oxygens (including phenoxy) is 2. The van der Waals surface area contributed by atoms with E-state index in [1.807, 2.05) is 0 Å². The molecule has 0 aromatic rings. The Morgan fingerprint density at radius 2 is 1.79 bits per heavy atom. The van der Waals surface area contributed by atoms with Crippen molar-refractivity contribution in [3.05, 3.63) is 0 Å². The van der Waals surface area contributed by atoms with Crippen molar-refractivity contribution in [1.29, 1.82) is 0 Å². The molecular formula is C12H24N2O5. The highest BCUT2D eigenvalue weighted by atomic mass is 16.7. The number of hydrogen-bond acceptors (Lipinski definition) is 7. The van der Waals surface area contributed by atoms with Crippen molar-refractivity contribution in [3.8, 4) is 0 Å². The number of aliphatic hydroxyl groups excluding tert-OH is 3. The maximum Gasteiger partial charge on any atom is 0.176 e. The Morgan fingerprint density at radius 1 is 1.11 bits per heavy atom. The fourth-order valence-corrected chi connectivity index (χ4v) is 2.69. The summed E-state index contributed by atoms with van der Waals surface area (Å²) in [5, 5.41) is 28.6. The minimum Gasteiger partial charge on any atom is -0.394 e. The van der Waals surface area contributed by atoms with Crippen molar-refractivity contribution >= 4 is 0 Å². The summed E-state index contributed by atoms with van der Waals surface area (Å²) >= 11 is 0. The molecule has 7 nitrogen and oxygen atoms in total. The molecule has 1 heterocycles. The second kappa shape index (κ2) is 6.45.